The van der Waals surface area contributed by atoms with Crippen LogP contribution in [0, 0.1) is 11.8 Å². The summed E-state index contributed by atoms with van der Waals surface area (Å²) in [6.45, 7) is 3.16. The van der Waals surface area contributed by atoms with Crippen molar-refractivity contribution in [1.29, 1.82) is 0 Å². The number of aryl methyl sites for hydroxylation is 1. The molecule has 3 aliphatic rings. The van der Waals surface area contributed by atoms with Gasteiger partial charge in [0.1, 0.15) is 17.7 Å². The average molecular weight is 371 g/mol. The molecule has 1 saturated heterocycles. The zero-order chi connectivity index (χ0) is 18.4. The molecule has 7 nitrogen and oxygen atoms in total. The van der Waals surface area contributed by atoms with Gasteiger partial charge in [-0.1, -0.05) is 0 Å². The number of rotatable bonds is 4. The van der Waals surface area contributed by atoms with E-state index in [4.69, 9.17) is 14.2 Å². The van der Waals surface area contributed by atoms with Gasteiger partial charge in [0, 0.05) is 38.6 Å². The summed E-state index contributed by atoms with van der Waals surface area (Å²) in [5.41, 5.74) is 0. The van der Waals surface area contributed by atoms with Crippen molar-refractivity contribution in [3.63, 3.8) is 0 Å². The van der Waals surface area contributed by atoms with Gasteiger partial charge < -0.3 is 23.9 Å². The highest BCUT2D eigenvalue weighted by molar-refractivity contribution is 5.47. The molecule has 2 aromatic rings. The van der Waals surface area contributed by atoms with Crippen molar-refractivity contribution in [2.45, 2.75) is 31.6 Å². The van der Waals surface area contributed by atoms with E-state index in [1.807, 2.05) is 37.6 Å². The van der Waals surface area contributed by atoms with E-state index in [2.05, 4.69) is 14.5 Å². The first-order valence-electron chi connectivity index (χ1n) is 9.58. The molecule has 7 heteroatoms. The number of imidazole rings is 1. The number of aliphatic hydroxyl groups is 1. The van der Waals surface area contributed by atoms with Gasteiger partial charge in [-0.3, -0.25) is 4.90 Å². The lowest BCUT2D eigenvalue weighted by Crippen LogP contribution is -2.42. The zero-order valence-electron chi connectivity index (χ0n) is 15.5. The SMILES string of the molecule is Cn1ccnc1CN1C[C@H]2C[C@@H](Oc3ccc4c(c3)OCO4)[C@H](O)C[C@H]2C1. The highest BCUT2D eigenvalue weighted by Crippen LogP contribution is 2.40. The largest absolute Gasteiger partial charge is 0.488 e. The summed E-state index contributed by atoms with van der Waals surface area (Å²) in [7, 11) is 2.03. The lowest BCUT2D eigenvalue weighted by Gasteiger charge is -2.35. The number of nitrogens with zero attached hydrogens (tertiary/aromatic N) is 3. The summed E-state index contributed by atoms with van der Waals surface area (Å²) >= 11 is 0. The highest BCUT2D eigenvalue weighted by Gasteiger charge is 2.42. The van der Waals surface area contributed by atoms with Crippen LogP contribution in [0.1, 0.15) is 18.7 Å². The third kappa shape index (κ3) is 3.26. The predicted octanol–water partition coefficient (Wildman–Crippen LogP) is 1.80. The number of hydrogen-bond donors (Lipinski definition) is 1. The maximum absolute atomic E-state index is 10.6. The van der Waals surface area contributed by atoms with Crippen LogP contribution in [0.5, 0.6) is 17.2 Å². The summed E-state index contributed by atoms with van der Waals surface area (Å²) in [6, 6.07) is 5.59. The van der Waals surface area contributed by atoms with Gasteiger partial charge in [-0.05, 0) is 36.8 Å². The van der Waals surface area contributed by atoms with Crippen LogP contribution in [0.2, 0.25) is 0 Å². The van der Waals surface area contributed by atoms with Crippen molar-refractivity contribution < 1.29 is 19.3 Å². The zero-order valence-corrected chi connectivity index (χ0v) is 15.5. The van der Waals surface area contributed by atoms with Gasteiger partial charge in [-0.15, -0.1) is 0 Å². The Bertz CT molecular complexity index is 823. The number of fused-ring (bicyclic) bond motifs is 2. The standard InChI is InChI=1S/C20H25N3O4/c1-22-5-4-21-20(22)11-23-9-13-6-16(24)18(7-14(13)10-23)27-15-2-3-17-19(8-15)26-12-25-17/h2-5,8,13-14,16,18,24H,6-7,9-12H2,1H3/t13-,14+,16+,18+/m0/s1. The Morgan fingerprint density at radius 2 is 2.00 bits per heavy atom. The number of hydrogen-bond acceptors (Lipinski definition) is 6. The van der Waals surface area contributed by atoms with Crippen LogP contribution in [-0.2, 0) is 13.6 Å². The smallest absolute Gasteiger partial charge is 0.231 e. The maximum Gasteiger partial charge on any atom is 0.231 e. The van der Waals surface area contributed by atoms with Crippen LogP contribution in [0.25, 0.3) is 0 Å². The second-order valence-electron chi connectivity index (χ2n) is 7.88. The van der Waals surface area contributed by atoms with Crippen LogP contribution in [-0.4, -0.2) is 51.6 Å². The van der Waals surface area contributed by atoms with Crippen molar-refractivity contribution in [3.8, 4) is 17.2 Å². The summed E-state index contributed by atoms with van der Waals surface area (Å²) in [4.78, 5) is 6.89. The molecule has 1 aromatic carbocycles. The number of benzene rings is 1. The van der Waals surface area contributed by atoms with Crippen LogP contribution in [0.3, 0.4) is 0 Å². The molecule has 1 aliphatic carbocycles. The van der Waals surface area contributed by atoms with Gasteiger partial charge in [0.05, 0.1) is 12.6 Å². The minimum Gasteiger partial charge on any atom is -0.488 e. The lowest BCUT2D eigenvalue weighted by atomic mass is 9.78. The Kier molecular flexibility index (Phi) is 4.21. The molecule has 2 aliphatic heterocycles. The summed E-state index contributed by atoms with van der Waals surface area (Å²) < 4.78 is 19.0. The molecule has 0 unspecified atom stereocenters. The van der Waals surface area contributed by atoms with E-state index in [9.17, 15) is 5.11 Å². The van der Waals surface area contributed by atoms with E-state index in [1.165, 1.54) is 0 Å². The van der Waals surface area contributed by atoms with E-state index in [0.29, 0.717) is 17.6 Å². The quantitative estimate of drug-likeness (QED) is 0.884. The first-order chi connectivity index (χ1) is 13.2. The molecular weight excluding hydrogens is 346 g/mol. The first-order valence-corrected chi connectivity index (χ1v) is 9.58. The van der Waals surface area contributed by atoms with Crippen LogP contribution < -0.4 is 14.2 Å². The molecule has 0 bridgehead atoms. The van der Waals surface area contributed by atoms with E-state index >= 15 is 0 Å². The third-order valence-electron chi connectivity index (χ3n) is 6.08. The number of likely N-dealkylation sites (tertiary alicyclic amines) is 1. The number of aliphatic hydroxyl groups excluding tert-OH is 1. The van der Waals surface area contributed by atoms with E-state index in [-0.39, 0.29) is 12.9 Å². The fourth-order valence-electron chi connectivity index (χ4n) is 4.62. The summed E-state index contributed by atoms with van der Waals surface area (Å²) in [5, 5.41) is 10.6. The monoisotopic (exact) mass is 371 g/mol. The molecule has 27 heavy (non-hydrogen) atoms. The molecule has 1 aromatic heterocycles. The Morgan fingerprint density at radius 3 is 2.81 bits per heavy atom. The van der Waals surface area contributed by atoms with E-state index in [1.54, 1.807) is 0 Å². The molecule has 3 heterocycles. The maximum atomic E-state index is 10.6. The van der Waals surface area contributed by atoms with Crippen molar-refractivity contribution in [2.75, 3.05) is 19.9 Å². The molecule has 1 saturated carbocycles. The molecular formula is C20H25N3O4. The van der Waals surface area contributed by atoms with Crippen LogP contribution >= 0.6 is 0 Å². The van der Waals surface area contributed by atoms with Gasteiger partial charge in [0.25, 0.3) is 0 Å². The molecule has 0 radical (unpaired) electrons. The molecule has 4 atom stereocenters. The van der Waals surface area contributed by atoms with Crippen LogP contribution in [0.4, 0.5) is 0 Å². The highest BCUT2D eigenvalue weighted by atomic mass is 16.7. The van der Waals surface area contributed by atoms with Crippen molar-refractivity contribution in [2.24, 2.45) is 18.9 Å². The second kappa shape index (κ2) is 6.73. The van der Waals surface area contributed by atoms with Crippen molar-refractivity contribution in [1.82, 2.24) is 14.5 Å². The lowest BCUT2D eigenvalue weighted by molar-refractivity contribution is -0.0232. The van der Waals surface area contributed by atoms with Gasteiger partial charge >= 0.3 is 0 Å². The van der Waals surface area contributed by atoms with Crippen LogP contribution in [0.15, 0.2) is 30.6 Å². The van der Waals surface area contributed by atoms with E-state index in [0.717, 1.165) is 49.8 Å². The molecule has 144 valence electrons. The number of ether oxygens (including phenoxy) is 3. The average Bonchev–Trinajstić information content (AvgIpc) is 3.36. The minimum absolute atomic E-state index is 0.181. The fourth-order valence-corrected chi connectivity index (χ4v) is 4.62. The Labute approximate surface area is 158 Å². The van der Waals surface area contributed by atoms with Crippen molar-refractivity contribution >= 4 is 0 Å². The molecule has 0 spiro atoms. The van der Waals surface area contributed by atoms with Crippen molar-refractivity contribution in [3.05, 3.63) is 36.4 Å². The van der Waals surface area contributed by atoms with Gasteiger partial charge in [-0.2, -0.15) is 0 Å². The second-order valence-corrected chi connectivity index (χ2v) is 7.88. The minimum atomic E-state index is -0.440. The summed E-state index contributed by atoms with van der Waals surface area (Å²) in [6.07, 6.45) is 4.87. The third-order valence-corrected chi connectivity index (χ3v) is 6.08. The Hall–Kier alpha value is -2.25. The van der Waals surface area contributed by atoms with Gasteiger partial charge in [0.15, 0.2) is 11.5 Å². The Morgan fingerprint density at radius 1 is 1.19 bits per heavy atom. The van der Waals surface area contributed by atoms with Gasteiger partial charge in [-0.25, -0.2) is 4.98 Å². The normalized spacial score (nSPS) is 29.7. The van der Waals surface area contributed by atoms with E-state index < -0.39 is 6.10 Å². The predicted molar refractivity (Wildman–Crippen MR) is 97.7 cm³/mol. The Balaban J connectivity index is 1.23. The number of aromatic nitrogens is 2. The molecule has 1 N–H and O–H groups in total. The fraction of sp³-hybridized carbons (Fsp3) is 0.550. The summed E-state index contributed by atoms with van der Waals surface area (Å²) in [5.74, 6) is 4.33. The molecule has 0 amide bonds. The van der Waals surface area contributed by atoms with Gasteiger partial charge in [0.2, 0.25) is 6.79 Å². The molecule has 5 rings (SSSR count). The topological polar surface area (TPSA) is 69.0 Å². The first kappa shape index (κ1) is 16.9. The molecule has 2 fully saturated rings.